The number of nitrogens with one attached hydrogen (secondary N) is 1. The van der Waals surface area contributed by atoms with Crippen molar-refractivity contribution in [2.45, 2.75) is 51.4 Å². The molecule has 3 rings (SSSR count). The Bertz CT molecular complexity index is 247. The average Bonchev–Trinajstić information content (AvgIpc) is 2.46. The Balaban J connectivity index is 1.40. The third-order valence-corrected chi connectivity index (χ3v) is 5.63. The van der Waals surface area contributed by atoms with E-state index in [9.17, 15) is 0 Å². The molecule has 1 saturated carbocycles. The third-order valence-electron chi connectivity index (χ3n) is 5.63. The Morgan fingerprint density at radius 1 is 0.944 bits per heavy atom. The van der Waals surface area contributed by atoms with E-state index in [1.165, 1.54) is 84.1 Å². The number of likely N-dealkylation sites (tertiary alicyclic amines) is 1. The maximum Gasteiger partial charge on any atom is 0.00123 e. The predicted octanol–water partition coefficient (Wildman–Crippen LogP) is 2.89. The maximum atomic E-state index is 3.55. The van der Waals surface area contributed by atoms with Crippen LogP contribution in [0, 0.1) is 17.8 Å². The molecule has 0 aromatic rings. The highest BCUT2D eigenvalue weighted by atomic mass is 15.1. The minimum absolute atomic E-state index is 0.961. The van der Waals surface area contributed by atoms with Gasteiger partial charge in [-0.2, -0.15) is 0 Å². The van der Waals surface area contributed by atoms with Gasteiger partial charge in [0, 0.05) is 6.54 Å². The molecule has 0 radical (unpaired) electrons. The molecule has 2 nitrogen and oxygen atoms in total. The molecule has 0 spiro atoms. The van der Waals surface area contributed by atoms with E-state index in [0.717, 1.165) is 17.8 Å². The summed E-state index contributed by atoms with van der Waals surface area (Å²) in [7, 11) is 0. The molecule has 18 heavy (non-hydrogen) atoms. The minimum atomic E-state index is 0.961. The van der Waals surface area contributed by atoms with E-state index < -0.39 is 0 Å². The quantitative estimate of drug-likeness (QED) is 0.828. The van der Waals surface area contributed by atoms with Crippen LogP contribution in [-0.4, -0.2) is 37.6 Å². The van der Waals surface area contributed by atoms with Gasteiger partial charge >= 0.3 is 0 Å². The first-order valence-electron chi connectivity index (χ1n) is 8.35. The fraction of sp³-hybridized carbons (Fsp3) is 1.00. The van der Waals surface area contributed by atoms with E-state index in [1.54, 1.807) is 0 Å². The Kier molecular flexibility index (Phi) is 4.58. The predicted molar refractivity (Wildman–Crippen MR) is 76.7 cm³/mol. The fourth-order valence-electron chi connectivity index (χ4n) is 4.41. The summed E-state index contributed by atoms with van der Waals surface area (Å²) < 4.78 is 0. The van der Waals surface area contributed by atoms with Crippen LogP contribution >= 0.6 is 0 Å². The Morgan fingerprint density at radius 3 is 2.67 bits per heavy atom. The van der Waals surface area contributed by atoms with Crippen LogP contribution in [0.25, 0.3) is 0 Å². The molecule has 3 fully saturated rings. The summed E-state index contributed by atoms with van der Waals surface area (Å²) in [6.07, 6.45) is 11.9. The fourth-order valence-corrected chi connectivity index (χ4v) is 4.41. The second kappa shape index (κ2) is 6.38. The van der Waals surface area contributed by atoms with Gasteiger partial charge < -0.3 is 10.2 Å². The van der Waals surface area contributed by atoms with Crippen molar-refractivity contribution in [3.8, 4) is 0 Å². The highest BCUT2D eigenvalue weighted by molar-refractivity contribution is 4.84. The lowest BCUT2D eigenvalue weighted by Gasteiger charge is -2.41. The van der Waals surface area contributed by atoms with Crippen molar-refractivity contribution in [1.82, 2.24) is 10.2 Å². The van der Waals surface area contributed by atoms with Gasteiger partial charge in [-0.25, -0.2) is 0 Å². The van der Waals surface area contributed by atoms with Gasteiger partial charge in [-0.1, -0.05) is 19.3 Å². The molecule has 0 unspecified atom stereocenters. The lowest BCUT2D eigenvalue weighted by Crippen LogP contribution is -2.43. The third kappa shape index (κ3) is 3.27. The molecule has 1 aliphatic carbocycles. The zero-order valence-corrected chi connectivity index (χ0v) is 11.9. The first-order chi connectivity index (χ1) is 8.92. The van der Waals surface area contributed by atoms with Crippen molar-refractivity contribution in [2.75, 3.05) is 32.7 Å². The van der Waals surface area contributed by atoms with Gasteiger partial charge in [0.05, 0.1) is 0 Å². The molecule has 0 bridgehead atoms. The SMILES string of the molecule is C1CNC[C@H](CCN2CC[C@@H]3CCCC[C@H]3C2)C1. The smallest absolute Gasteiger partial charge is 0.00123 e. The summed E-state index contributed by atoms with van der Waals surface area (Å²) in [5.74, 6) is 3.10. The second-order valence-electron chi connectivity index (χ2n) is 6.89. The average molecular weight is 250 g/mol. The molecule has 2 heteroatoms. The zero-order chi connectivity index (χ0) is 12.2. The maximum absolute atomic E-state index is 3.55. The van der Waals surface area contributed by atoms with Crippen molar-refractivity contribution in [2.24, 2.45) is 17.8 Å². The van der Waals surface area contributed by atoms with Crippen LogP contribution in [0.15, 0.2) is 0 Å². The number of nitrogens with zero attached hydrogens (tertiary/aromatic N) is 1. The lowest BCUT2D eigenvalue weighted by atomic mass is 9.75. The molecule has 1 N–H and O–H groups in total. The van der Waals surface area contributed by atoms with Gasteiger partial charge in [0.2, 0.25) is 0 Å². The first-order valence-corrected chi connectivity index (χ1v) is 8.35. The summed E-state index contributed by atoms with van der Waals surface area (Å²) >= 11 is 0. The standard InChI is InChI=1S/C16H30N2/c1-2-6-16-13-18(11-8-15(16)5-1)10-7-14-4-3-9-17-12-14/h14-17H,1-13H2/t14-,15-,16-/m0/s1. The highest BCUT2D eigenvalue weighted by Crippen LogP contribution is 2.36. The molecular weight excluding hydrogens is 220 g/mol. The normalized spacial score (nSPS) is 38.3. The van der Waals surface area contributed by atoms with Crippen molar-refractivity contribution >= 4 is 0 Å². The summed E-state index contributed by atoms with van der Waals surface area (Å²) in [5, 5.41) is 3.55. The van der Waals surface area contributed by atoms with Crippen LogP contribution in [0.1, 0.15) is 51.4 Å². The van der Waals surface area contributed by atoms with Gasteiger partial charge in [-0.15, -0.1) is 0 Å². The van der Waals surface area contributed by atoms with E-state index >= 15 is 0 Å². The molecule has 0 amide bonds. The van der Waals surface area contributed by atoms with Crippen molar-refractivity contribution in [3.63, 3.8) is 0 Å². The Hall–Kier alpha value is -0.0800. The number of hydrogen-bond donors (Lipinski definition) is 1. The van der Waals surface area contributed by atoms with Gasteiger partial charge in [0.25, 0.3) is 0 Å². The molecule has 3 aliphatic rings. The van der Waals surface area contributed by atoms with E-state index in [4.69, 9.17) is 0 Å². The zero-order valence-electron chi connectivity index (χ0n) is 11.9. The van der Waals surface area contributed by atoms with E-state index in [2.05, 4.69) is 10.2 Å². The van der Waals surface area contributed by atoms with Crippen molar-refractivity contribution in [3.05, 3.63) is 0 Å². The van der Waals surface area contributed by atoms with Crippen LogP contribution in [0.2, 0.25) is 0 Å². The van der Waals surface area contributed by atoms with Gasteiger partial charge in [-0.05, 0) is 76.0 Å². The van der Waals surface area contributed by atoms with Crippen LogP contribution in [0.3, 0.4) is 0 Å². The monoisotopic (exact) mass is 250 g/mol. The van der Waals surface area contributed by atoms with Crippen LogP contribution < -0.4 is 5.32 Å². The van der Waals surface area contributed by atoms with Crippen molar-refractivity contribution in [1.29, 1.82) is 0 Å². The largest absolute Gasteiger partial charge is 0.316 e. The molecule has 2 aliphatic heterocycles. The topological polar surface area (TPSA) is 15.3 Å². The van der Waals surface area contributed by atoms with Crippen molar-refractivity contribution < 1.29 is 0 Å². The molecular formula is C16H30N2. The first kappa shape index (κ1) is 12.9. The summed E-state index contributed by atoms with van der Waals surface area (Å²) in [6, 6.07) is 0. The highest BCUT2D eigenvalue weighted by Gasteiger charge is 2.30. The molecule has 104 valence electrons. The number of rotatable bonds is 3. The lowest BCUT2D eigenvalue weighted by molar-refractivity contribution is 0.0816. The van der Waals surface area contributed by atoms with Crippen LogP contribution in [0.4, 0.5) is 0 Å². The number of hydrogen-bond acceptors (Lipinski definition) is 2. The minimum Gasteiger partial charge on any atom is -0.316 e. The Morgan fingerprint density at radius 2 is 1.83 bits per heavy atom. The van der Waals surface area contributed by atoms with E-state index in [1.807, 2.05) is 0 Å². The summed E-state index contributed by atoms with van der Waals surface area (Å²) in [6.45, 7) is 6.71. The summed E-state index contributed by atoms with van der Waals surface area (Å²) in [4.78, 5) is 2.78. The Labute approximate surface area is 113 Å². The molecule has 2 heterocycles. The second-order valence-corrected chi connectivity index (χ2v) is 6.89. The van der Waals surface area contributed by atoms with E-state index in [0.29, 0.717) is 0 Å². The van der Waals surface area contributed by atoms with Crippen LogP contribution in [0.5, 0.6) is 0 Å². The number of piperidine rings is 2. The molecule has 2 saturated heterocycles. The molecule has 0 aromatic heterocycles. The van der Waals surface area contributed by atoms with Gasteiger partial charge in [0.15, 0.2) is 0 Å². The number of fused-ring (bicyclic) bond motifs is 1. The van der Waals surface area contributed by atoms with E-state index in [-0.39, 0.29) is 0 Å². The summed E-state index contributed by atoms with van der Waals surface area (Å²) in [5.41, 5.74) is 0. The molecule has 0 aromatic carbocycles. The van der Waals surface area contributed by atoms with Gasteiger partial charge in [-0.3, -0.25) is 0 Å². The molecule has 3 atom stereocenters. The van der Waals surface area contributed by atoms with Crippen LogP contribution in [-0.2, 0) is 0 Å². The van der Waals surface area contributed by atoms with Gasteiger partial charge in [0.1, 0.15) is 0 Å².